The predicted molar refractivity (Wildman–Crippen MR) is 283 cm³/mol. The van der Waals surface area contributed by atoms with E-state index in [1.54, 1.807) is 0 Å². The first-order valence-electron chi connectivity index (χ1n) is 23.2. The van der Waals surface area contributed by atoms with E-state index in [1.807, 2.05) is 6.07 Å². The quantitative estimate of drug-likeness (QED) is 0.149. The third-order valence-corrected chi connectivity index (χ3v) is 13.8. The molecule has 0 bridgehead atoms. The molecule has 0 atom stereocenters. The molecule has 6 heteroatoms. The van der Waals surface area contributed by atoms with Crippen molar-refractivity contribution >= 4 is 101 Å². The largest absolute Gasteiger partial charge is 0.458 e. The van der Waals surface area contributed by atoms with E-state index in [0.29, 0.717) is 0 Å². The number of anilines is 6. The molecular formula is C62H40BN3O2. The lowest BCUT2D eigenvalue weighted by Crippen LogP contribution is -2.58. The van der Waals surface area contributed by atoms with Crippen molar-refractivity contribution in [2.24, 2.45) is 0 Å². The molecule has 0 amide bonds. The molecule has 0 saturated carbocycles. The van der Waals surface area contributed by atoms with Gasteiger partial charge in [0.25, 0.3) is 6.71 Å². The fourth-order valence-corrected chi connectivity index (χ4v) is 11.0. The maximum atomic E-state index is 7.16. The van der Waals surface area contributed by atoms with Crippen molar-refractivity contribution in [3.63, 3.8) is 0 Å². The monoisotopic (exact) mass is 869 g/mol. The fourth-order valence-electron chi connectivity index (χ4n) is 11.0. The van der Waals surface area contributed by atoms with Gasteiger partial charge in [0, 0.05) is 67.6 Å². The first kappa shape index (κ1) is 38.3. The molecule has 5 nitrogen and oxygen atoms in total. The maximum absolute atomic E-state index is 7.16. The minimum absolute atomic E-state index is 0.181. The Morgan fingerprint density at radius 1 is 0.294 bits per heavy atom. The van der Waals surface area contributed by atoms with Gasteiger partial charge in [-0.05, 0) is 107 Å². The Bertz CT molecular complexity index is 3890. The summed E-state index contributed by atoms with van der Waals surface area (Å²) < 4.78 is 16.6. The molecule has 0 fully saturated rings. The Morgan fingerprint density at radius 3 is 1.25 bits per heavy atom. The molecule has 0 aliphatic carbocycles. The van der Waals surface area contributed by atoms with Crippen molar-refractivity contribution in [1.82, 2.24) is 4.57 Å². The fraction of sp³-hybridized carbons (Fsp3) is 0. The Hall–Kier alpha value is -9.00. The number of rotatable bonds is 7. The number of hydrogen-bond acceptors (Lipinski definition) is 4. The molecule has 0 saturated heterocycles. The first-order chi connectivity index (χ1) is 33.8. The molecule has 318 valence electrons. The lowest BCUT2D eigenvalue weighted by Gasteiger charge is -2.37. The average Bonchev–Trinajstić information content (AvgIpc) is 3.73. The van der Waals surface area contributed by atoms with Gasteiger partial charge in [0.15, 0.2) is 0 Å². The molecule has 0 radical (unpaired) electrons. The van der Waals surface area contributed by atoms with E-state index in [1.165, 1.54) is 16.3 Å². The van der Waals surface area contributed by atoms with Gasteiger partial charge in [-0.25, -0.2) is 0 Å². The Morgan fingerprint density at radius 2 is 0.721 bits per heavy atom. The number of aromatic nitrogens is 1. The van der Waals surface area contributed by atoms with Gasteiger partial charge in [-0.3, -0.25) is 0 Å². The summed E-state index contributed by atoms with van der Waals surface area (Å²) in [5.74, 6) is 3.27. The number of nitrogens with zero attached hydrogens (tertiary/aromatic N) is 3. The molecule has 2 aliphatic rings. The van der Waals surface area contributed by atoms with Crippen molar-refractivity contribution in [2.75, 3.05) is 9.80 Å². The number of fused-ring (bicyclic) bond motifs is 11. The second kappa shape index (κ2) is 15.3. The molecule has 68 heavy (non-hydrogen) atoms. The van der Waals surface area contributed by atoms with E-state index < -0.39 is 0 Å². The van der Waals surface area contributed by atoms with Gasteiger partial charge < -0.3 is 23.8 Å². The van der Waals surface area contributed by atoms with Gasteiger partial charge in [-0.2, -0.15) is 0 Å². The molecular weight excluding hydrogens is 830 g/mol. The highest BCUT2D eigenvalue weighted by Crippen LogP contribution is 2.48. The predicted octanol–water partition coefficient (Wildman–Crippen LogP) is 14.8. The smallest absolute Gasteiger partial charge is 0.262 e. The summed E-state index contributed by atoms with van der Waals surface area (Å²) in [5.41, 5.74) is 13.1. The van der Waals surface area contributed by atoms with Crippen LogP contribution in [0.1, 0.15) is 0 Å². The molecule has 12 aromatic rings. The van der Waals surface area contributed by atoms with Crippen LogP contribution in [0.5, 0.6) is 23.0 Å². The molecule has 3 heterocycles. The third kappa shape index (κ3) is 5.84. The van der Waals surface area contributed by atoms with Crippen molar-refractivity contribution in [2.45, 2.75) is 0 Å². The van der Waals surface area contributed by atoms with Gasteiger partial charge in [-0.15, -0.1) is 0 Å². The van der Waals surface area contributed by atoms with Gasteiger partial charge in [0.1, 0.15) is 23.0 Å². The molecule has 2 aliphatic heterocycles. The maximum Gasteiger partial charge on any atom is 0.262 e. The summed E-state index contributed by atoms with van der Waals surface area (Å²) in [6, 6.07) is 86.5. The van der Waals surface area contributed by atoms with Crippen LogP contribution in [0.2, 0.25) is 0 Å². The normalized spacial score (nSPS) is 12.3. The van der Waals surface area contributed by atoms with E-state index >= 15 is 0 Å². The first-order valence-corrected chi connectivity index (χ1v) is 23.2. The second-order valence-corrected chi connectivity index (χ2v) is 17.6. The summed E-state index contributed by atoms with van der Waals surface area (Å²) in [4.78, 5) is 4.74. The van der Waals surface area contributed by atoms with E-state index in [2.05, 4.69) is 251 Å². The lowest BCUT2D eigenvalue weighted by atomic mass is 9.33. The van der Waals surface area contributed by atoms with Gasteiger partial charge in [0.05, 0.1) is 22.4 Å². The van der Waals surface area contributed by atoms with Gasteiger partial charge in [0.2, 0.25) is 0 Å². The summed E-state index contributed by atoms with van der Waals surface area (Å²) in [6.45, 7) is -0.181. The Balaban J connectivity index is 1.01. The number of benzene rings is 11. The van der Waals surface area contributed by atoms with E-state index in [0.717, 1.165) is 106 Å². The van der Waals surface area contributed by atoms with E-state index in [4.69, 9.17) is 9.47 Å². The zero-order valence-corrected chi connectivity index (χ0v) is 36.8. The van der Waals surface area contributed by atoms with Crippen LogP contribution in [-0.2, 0) is 0 Å². The minimum Gasteiger partial charge on any atom is -0.458 e. The second-order valence-electron chi connectivity index (χ2n) is 17.6. The Labute approximate surface area is 394 Å². The zero-order chi connectivity index (χ0) is 44.7. The molecule has 0 spiro atoms. The highest BCUT2D eigenvalue weighted by Gasteiger charge is 2.43. The van der Waals surface area contributed by atoms with Crippen LogP contribution in [0, 0.1) is 0 Å². The standard InChI is InChI=1S/C62H40BN3O2/c1-5-20-41(21-6-1)64(42-22-7-2-8-23-42)54-39-58-60(49-31-15-13-28-46(49)54)63-61-50-32-16-14-29-47(50)55(40-59(61)68-57-35-19-34-56(67-58)62(57)63)65(43-24-9-3-10-25-43)45-36-37-53-51(38-45)48-30-17-18-33-52(48)66(53)44-26-11-4-12-27-44/h1-40H. The van der Waals surface area contributed by atoms with E-state index in [9.17, 15) is 0 Å². The van der Waals surface area contributed by atoms with Crippen molar-refractivity contribution in [3.05, 3.63) is 243 Å². The Kier molecular flexibility index (Phi) is 8.61. The number of para-hydroxylation sites is 5. The lowest BCUT2D eigenvalue weighted by molar-refractivity contribution is 0.465. The van der Waals surface area contributed by atoms with Crippen LogP contribution in [0.4, 0.5) is 34.1 Å². The third-order valence-electron chi connectivity index (χ3n) is 13.8. The van der Waals surface area contributed by atoms with Crippen LogP contribution < -0.4 is 35.7 Å². The number of hydrogen-bond donors (Lipinski definition) is 0. The van der Waals surface area contributed by atoms with Crippen LogP contribution in [0.25, 0.3) is 49.0 Å². The van der Waals surface area contributed by atoms with E-state index in [-0.39, 0.29) is 6.71 Å². The van der Waals surface area contributed by atoms with Crippen LogP contribution in [0.3, 0.4) is 0 Å². The summed E-state index contributed by atoms with van der Waals surface area (Å²) in [5, 5.41) is 6.92. The molecule has 14 rings (SSSR count). The zero-order valence-electron chi connectivity index (χ0n) is 36.8. The molecule has 0 N–H and O–H groups in total. The molecule has 0 unspecified atom stereocenters. The van der Waals surface area contributed by atoms with Crippen LogP contribution in [-0.4, -0.2) is 11.3 Å². The topological polar surface area (TPSA) is 29.9 Å². The van der Waals surface area contributed by atoms with Crippen LogP contribution in [0.15, 0.2) is 243 Å². The average molecular weight is 870 g/mol. The highest BCUT2D eigenvalue weighted by atomic mass is 16.5. The van der Waals surface area contributed by atoms with Crippen molar-refractivity contribution in [1.29, 1.82) is 0 Å². The minimum atomic E-state index is -0.181. The number of ether oxygens (including phenoxy) is 2. The highest BCUT2D eigenvalue weighted by molar-refractivity contribution is 7.01. The van der Waals surface area contributed by atoms with Crippen molar-refractivity contribution < 1.29 is 9.47 Å². The summed E-state index contributed by atoms with van der Waals surface area (Å²) in [6.07, 6.45) is 0. The summed E-state index contributed by atoms with van der Waals surface area (Å²) in [7, 11) is 0. The van der Waals surface area contributed by atoms with Gasteiger partial charge in [-0.1, -0.05) is 146 Å². The molecule has 1 aromatic heterocycles. The SMILES string of the molecule is c1ccc(N(c2ccccc2)c2cc3c(c4ccccc24)B2c4c(cccc4Oc4cc(N(c5ccccc5)c5ccc6c(c5)c5ccccc5n6-c5ccccc5)c5ccccc5c42)O3)cc1. The molecule has 11 aromatic carbocycles. The van der Waals surface area contributed by atoms with Gasteiger partial charge >= 0.3 is 0 Å². The van der Waals surface area contributed by atoms with Crippen molar-refractivity contribution in [3.8, 4) is 28.7 Å². The van der Waals surface area contributed by atoms with Crippen LogP contribution >= 0.6 is 0 Å². The summed E-state index contributed by atoms with van der Waals surface area (Å²) >= 11 is 0.